The first-order valence-electron chi connectivity index (χ1n) is 6.43. The Labute approximate surface area is 119 Å². The van der Waals surface area contributed by atoms with Crippen LogP contribution in [0.15, 0.2) is 24.3 Å². The molecule has 106 valence electrons. The lowest BCUT2D eigenvalue weighted by Gasteiger charge is -2.06. The minimum atomic E-state index is 0.0931. The molecule has 0 aromatic heterocycles. The van der Waals surface area contributed by atoms with Crippen LogP contribution in [0.4, 0.5) is 0 Å². The first-order chi connectivity index (χ1) is 9.26. The number of rotatable bonds is 9. The summed E-state index contributed by atoms with van der Waals surface area (Å²) in [6.07, 6.45) is 1.80. The molecule has 1 aromatic rings. The summed E-state index contributed by atoms with van der Waals surface area (Å²) in [6.45, 7) is 1.36. The maximum Gasteiger partial charge on any atom is 0.230 e. The largest absolute Gasteiger partial charge is 0.497 e. The van der Waals surface area contributed by atoms with Crippen molar-refractivity contribution in [3.8, 4) is 5.75 Å². The highest BCUT2D eigenvalue weighted by Crippen LogP contribution is 2.11. The molecule has 1 aromatic carbocycles. The van der Waals surface area contributed by atoms with Crippen LogP contribution in [-0.2, 0) is 11.2 Å². The van der Waals surface area contributed by atoms with E-state index in [-0.39, 0.29) is 5.91 Å². The van der Waals surface area contributed by atoms with Crippen molar-refractivity contribution < 1.29 is 9.53 Å². The first kappa shape index (κ1) is 15.9. The van der Waals surface area contributed by atoms with E-state index in [1.54, 1.807) is 18.9 Å². The van der Waals surface area contributed by atoms with Gasteiger partial charge in [-0.25, -0.2) is 0 Å². The van der Waals surface area contributed by atoms with Crippen LogP contribution >= 0.6 is 11.8 Å². The summed E-state index contributed by atoms with van der Waals surface area (Å²) >= 11 is 1.63. The average Bonchev–Trinajstić information content (AvgIpc) is 2.44. The number of benzene rings is 1. The van der Waals surface area contributed by atoms with Crippen LogP contribution in [0.2, 0.25) is 0 Å². The van der Waals surface area contributed by atoms with Gasteiger partial charge in [0.15, 0.2) is 0 Å². The van der Waals surface area contributed by atoms with E-state index in [9.17, 15) is 4.79 Å². The van der Waals surface area contributed by atoms with Gasteiger partial charge >= 0.3 is 0 Å². The second-order valence-electron chi connectivity index (χ2n) is 4.14. The van der Waals surface area contributed by atoms with Gasteiger partial charge in [-0.2, -0.15) is 11.8 Å². The molecule has 0 radical (unpaired) electrons. The van der Waals surface area contributed by atoms with E-state index in [1.807, 2.05) is 24.3 Å². The minimum Gasteiger partial charge on any atom is -0.497 e. The summed E-state index contributed by atoms with van der Waals surface area (Å²) in [6, 6.07) is 7.89. The maximum atomic E-state index is 11.5. The Bertz CT molecular complexity index is 368. The molecule has 1 rings (SSSR count). The minimum absolute atomic E-state index is 0.0931. The van der Waals surface area contributed by atoms with Crippen LogP contribution in [-0.4, -0.2) is 37.6 Å². The number of ether oxygens (including phenoxy) is 1. The van der Waals surface area contributed by atoms with Crippen molar-refractivity contribution in [3.63, 3.8) is 0 Å². The molecule has 5 heteroatoms. The topological polar surface area (TPSA) is 64.3 Å². The van der Waals surface area contributed by atoms with Crippen molar-refractivity contribution >= 4 is 17.7 Å². The second-order valence-corrected chi connectivity index (χ2v) is 5.25. The highest BCUT2D eigenvalue weighted by molar-refractivity contribution is 7.99. The molecule has 0 bridgehead atoms. The standard InChI is InChI=1S/C14H22N2O2S/c1-18-13-5-3-12(4-6-13)7-9-16-14(17)11-19-10-2-8-15/h3-6H,2,7-11,15H2,1H3,(H,16,17). The van der Waals surface area contributed by atoms with E-state index in [0.717, 1.165) is 24.3 Å². The summed E-state index contributed by atoms with van der Waals surface area (Å²) in [5.74, 6) is 2.41. The van der Waals surface area contributed by atoms with Gasteiger partial charge in [0.25, 0.3) is 0 Å². The fraction of sp³-hybridized carbons (Fsp3) is 0.500. The number of thioether (sulfide) groups is 1. The lowest BCUT2D eigenvalue weighted by Crippen LogP contribution is -2.27. The number of nitrogens with two attached hydrogens (primary N) is 1. The van der Waals surface area contributed by atoms with Gasteiger partial charge in [-0.15, -0.1) is 0 Å². The monoisotopic (exact) mass is 282 g/mol. The number of carbonyl (C=O) groups is 1. The predicted octanol–water partition coefficient (Wildman–Crippen LogP) is 1.44. The molecule has 0 spiro atoms. The zero-order chi connectivity index (χ0) is 13.9. The highest BCUT2D eigenvalue weighted by Gasteiger charge is 2.01. The average molecular weight is 282 g/mol. The van der Waals surface area contributed by atoms with Crippen LogP contribution in [0.1, 0.15) is 12.0 Å². The highest BCUT2D eigenvalue weighted by atomic mass is 32.2. The Balaban J connectivity index is 2.13. The van der Waals surface area contributed by atoms with Crippen molar-refractivity contribution in [2.75, 3.05) is 31.7 Å². The molecule has 0 saturated heterocycles. The Hall–Kier alpha value is -1.20. The Kier molecular flexibility index (Phi) is 8.09. The van der Waals surface area contributed by atoms with Gasteiger partial charge in [0, 0.05) is 6.54 Å². The third-order valence-electron chi connectivity index (χ3n) is 2.62. The summed E-state index contributed by atoms with van der Waals surface area (Å²) < 4.78 is 5.09. The van der Waals surface area contributed by atoms with Gasteiger partial charge in [0.1, 0.15) is 5.75 Å². The molecule has 19 heavy (non-hydrogen) atoms. The second kappa shape index (κ2) is 9.69. The third kappa shape index (κ3) is 7.08. The Morgan fingerprint density at radius 3 is 2.74 bits per heavy atom. The first-order valence-corrected chi connectivity index (χ1v) is 7.59. The van der Waals surface area contributed by atoms with Crippen LogP contribution in [0.3, 0.4) is 0 Å². The number of hydrogen-bond donors (Lipinski definition) is 2. The fourth-order valence-electron chi connectivity index (χ4n) is 1.54. The van der Waals surface area contributed by atoms with Crippen molar-refractivity contribution in [3.05, 3.63) is 29.8 Å². The molecule has 0 aliphatic heterocycles. The van der Waals surface area contributed by atoms with Crippen LogP contribution in [0.25, 0.3) is 0 Å². The zero-order valence-corrected chi connectivity index (χ0v) is 12.2. The van der Waals surface area contributed by atoms with Crippen molar-refractivity contribution in [1.29, 1.82) is 0 Å². The Morgan fingerprint density at radius 2 is 2.11 bits per heavy atom. The molecule has 0 fully saturated rings. The van der Waals surface area contributed by atoms with Gasteiger partial charge in [0.2, 0.25) is 5.91 Å². The number of carbonyl (C=O) groups excluding carboxylic acids is 1. The maximum absolute atomic E-state index is 11.5. The van der Waals surface area contributed by atoms with Crippen LogP contribution in [0, 0.1) is 0 Å². The molecule has 4 nitrogen and oxygen atoms in total. The van der Waals surface area contributed by atoms with E-state index in [4.69, 9.17) is 10.5 Å². The number of amides is 1. The number of hydrogen-bond acceptors (Lipinski definition) is 4. The lowest BCUT2D eigenvalue weighted by molar-refractivity contribution is -0.118. The van der Waals surface area contributed by atoms with E-state index in [1.165, 1.54) is 5.56 Å². The van der Waals surface area contributed by atoms with Crippen molar-refractivity contribution in [2.24, 2.45) is 5.73 Å². The van der Waals surface area contributed by atoms with Crippen molar-refractivity contribution in [1.82, 2.24) is 5.32 Å². The predicted molar refractivity (Wildman–Crippen MR) is 80.7 cm³/mol. The summed E-state index contributed by atoms with van der Waals surface area (Å²) in [5, 5.41) is 2.91. The summed E-state index contributed by atoms with van der Waals surface area (Å²) in [7, 11) is 1.65. The third-order valence-corrected chi connectivity index (χ3v) is 3.66. The number of nitrogens with one attached hydrogen (secondary N) is 1. The SMILES string of the molecule is COc1ccc(CCNC(=O)CSCCCN)cc1. The van der Waals surface area contributed by atoms with Gasteiger partial charge in [-0.1, -0.05) is 12.1 Å². The van der Waals surface area contributed by atoms with E-state index >= 15 is 0 Å². The summed E-state index contributed by atoms with van der Waals surface area (Å²) in [5.41, 5.74) is 6.58. The van der Waals surface area contributed by atoms with E-state index in [2.05, 4.69) is 5.32 Å². The van der Waals surface area contributed by atoms with Crippen LogP contribution in [0.5, 0.6) is 5.75 Å². The molecule has 0 saturated carbocycles. The quantitative estimate of drug-likeness (QED) is 0.673. The fourth-order valence-corrected chi connectivity index (χ4v) is 2.34. The molecule has 0 unspecified atom stereocenters. The van der Waals surface area contributed by atoms with Crippen molar-refractivity contribution in [2.45, 2.75) is 12.8 Å². The molecule has 1 amide bonds. The van der Waals surface area contributed by atoms with Crippen LogP contribution < -0.4 is 15.8 Å². The number of methoxy groups -OCH3 is 1. The Morgan fingerprint density at radius 1 is 1.37 bits per heavy atom. The van der Waals surface area contributed by atoms with Gasteiger partial charge in [-0.3, -0.25) is 4.79 Å². The molecule has 3 N–H and O–H groups in total. The van der Waals surface area contributed by atoms with E-state index < -0.39 is 0 Å². The molecular weight excluding hydrogens is 260 g/mol. The normalized spacial score (nSPS) is 10.2. The van der Waals surface area contributed by atoms with E-state index in [0.29, 0.717) is 18.8 Å². The smallest absolute Gasteiger partial charge is 0.230 e. The molecule has 0 atom stereocenters. The zero-order valence-electron chi connectivity index (χ0n) is 11.4. The van der Waals surface area contributed by atoms with Gasteiger partial charge in [-0.05, 0) is 42.8 Å². The summed E-state index contributed by atoms with van der Waals surface area (Å²) in [4.78, 5) is 11.5. The molecule has 0 heterocycles. The van der Waals surface area contributed by atoms with Gasteiger partial charge < -0.3 is 15.8 Å². The lowest BCUT2D eigenvalue weighted by atomic mass is 10.1. The molecule has 0 aliphatic carbocycles. The molecular formula is C14H22N2O2S. The molecule has 0 aliphatic rings. The van der Waals surface area contributed by atoms with Gasteiger partial charge in [0.05, 0.1) is 12.9 Å².